The van der Waals surface area contributed by atoms with E-state index in [1.165, 1.54) is 5.52 Å². The van der Waals surface area contributed by atoms with Gasteiger partial charge in [0.25, 0.3) is 0 Å². The van der Waals surface area contributed by atoms with Crippen molar-refractivity contribution in [2.45, 2.75) is 13.8 Å². The molecule has 0 spiro atoms. The Bertz CT molecular complexity index is 672. The van der Waals surface area contributed by atoms with Crippen molar-refractivity contribution in [3.63, 3.8) is 0 Å². The van der Waals surface area contributed by atoms with Gasteiger partial charge in [0.2, 0.25) is 0 Å². The van der Waals surface area contributed by atoms with Crippen LogP contribution in [0.15, 0.2) is 48.8 Å². The number of aromatic nitrogens is 2. The van der Waals surface area contributed by atoms with Crippen molar-refractivity contribution in [1.82, 2.24) is 9.55 Å². The van der Waals surface area contributed by atoms with Gasteiger partial charge in [-0.25, -0.2) is 0 Å². The second kappa shape index (κ2) is 5.89. The first-order valence-corrected chi connectivity index (χ1v) is 6.79. The molecular formula is C16H17ClN2. The van der Waals surface area contributed by atoms with Crippen LogP contribution in [0.25, 0.3) is 22.2 Å². The normalized spacial score (nSPS) is 10.1. The smallest absolute Gasteiger partial charge is 0.0504 e. The molecule has 0 amide bonds. The molecule has 2 nitrogen and oxygen atoms in total. The first kappa shape index (κ1) is 13.6. The SMILES string of the molecule is CC.Cn1c(-c2cccnc2)cc2cc(Cl)ccc21. The molecule has 0 aliphatic carbocycles. The van der Waals surface area contributed by atoms with Gasteiger partial charge in [-0.3, -0.25) is 4.98 Å². The van der Waals surface area contributed by atoms with Crippen molar-refractivity contribution in [3.05, 3.63) is 53.8 Å². The molecule has 3 rings (SSSR count). The molecule has 0 radical (unpaired) electrons. The van der Waals surface area contributed by atoms with Gasteiger partial charge in [0.1, 0.15) is 0 Å². The highest BCUT2D eigenvalue weighted by molar-refractivity contribution is 6.31. The molecule has 3 aromatic rings. The number of nitrogens with zero attached hydrogens (tertiary/aromatic N) is 2. The maximum absolute atomic E-state index is 6.00. The molecule has 1 aromatic carbocycles. The van der Waals surface area contributed by atoms with Crippen LogP contribution < -0.4 is 0 Å². The van der Waals surface area contributed by atoms with Gasteiger partial charge in [0.15, 0.2) is 0 Å². The van der Waals surface area contributed by atoms with E-state index in [2.05, 4.69) is 28.7 Å². The highest BCUT2D eigenvalue weighted by atomic mass is 35.5. The Kier molecular flexibility index (Phi) is 4.23. The lowest BCUT2D eigenvalue weighted by Gasteiger charge is -2.03. The Labute approximate surface area is 118 Å². The first-order valence-electron chi connectivity index (χ1n) is 6.41. The Morgan fingerprint density at radius 2 is 1.89 bits per heavy atom. The number of hydrogen-bond acceptors (Lipinski definition) is 1. The van der Waals surface area contributed by atoms with E-state index in [1.807, 2.05) is 44.3 Å². The van der Waals surface area contributed by atoms with Crippen LogP contribution >= 0.6 is 11.6 Å². The maximum atomic E-state index is 6.00. The zero-order valence-corrected chi connectivity index (χ0v) is 12.1. The van der Waals surface area contributed by atoms with Crippen LogP contribution in [-0.4, -0.2) is 9.55 Å². The molecule has 0 aliphatic heterocycles. The molecule has 0 fully saturated rings. The van der Waals surface area contributed by atoms with Gasteiger partial charge >= 0.3 is 0 Å². The van der Waals surface area contributed by atoms with E-state index >= 15 is 0 Å². The van der Waals surface area contributed by atoms with Crippen LogP contribution in [0.3, 0.4) is 0 Å². The summed E-state index contributed by atoms with van der Waals surface area (Å²) < 4.78 is 2.16. The van der Waals surface area contributed by atoms with Gasteiger partial charge in [0.05, 0.1) is 5.69 Å². The highest BCUT2D eigenvalue weighted by Gasteiger charge is 2.07. The molecular weight excluding hydrogens is 256 g/mol. The zero-order valence-electron chi connectivity index (χ0n) is 11.4. The molecule has 0 saturated heterocycles. The van der Waals surface area contributed by atoms with Crippen molar-refractivity contribution in [3.8, 4) is 11.3 Å². The van der Waals surface area contributed by atoms with Crippen molar-refractivity contribution in [1.29, 1.82) is 0 Å². The molecule has 0 unspecified atom stereocenters. The number of fused-ring (bicyclic) bond motifs is 1. The standard InChI is InChI=1S/C14H11ClN2.C2H6/c1-17-13-5-4-12(15)7-11(13)8-14(17)10-3-2-6-16-9-10;1-2/h2-9H,1H3;1-2H3. The average Bonchev–Trinajstić information content (AvgIpc) is 2.78. The van der Waals surface area contributed by atoms with Gasteiger partial charge in [-0.15, -0.1) is 0 Å². The summed E-state index contributed by atoms with van der Waals surface area (Å²) in [6.07, 6.45) is 3.65. The predicted molar refractivity (Wildman–Crippen MR) is 82.5 cm³/mol. The summed E-state index contributed by atoms with van der Waals surface area (Å²) in [7, 11) is 2.05. The van der Waals surface area contributed by atoms with Crippen molar-refractivity contribution in [2.75, 3.05) is 0 Å². The van der Waals surface area contributed by atoms with E-state index in [1.54, 1.807) is 6.20 Å². The summed E-state index contributed by atoms with van der Waals surface area (Å²) in [5.41, 5.74) is 3.44. The third-order valence-corrected chi connectivity index (χ3v) is 3.20. The lowest BCUT2D eigenvalue weighted by atomic mass is 10.2. The number of pyridine rings is 1. The molecule has 19 heavy (non-hydrogen) atoms. The van der Waals surface area contributed by atoms with Crippen molar-refractivity contribution >= 4 is 22.5 Å². The number of rotatable bonds is 1. The molecule has 0 aliphatic rings. The molecule has 0 bridgehead atoms. The van der Waals surface area contributed by atoms with Crippen LogP contribution in [0.1, 0.15) is 13.8 Å². The third kappa shape index (κ3) is 2.64. The number of benzene rings is 1. The molecule has 98 valence electrons. The summed E-state index contributed by atoms with van der Waals surface area (Å²) in [5.74, 6) is 0. The van der Waals surface area contributed by atoms with E-state index in [0.717, 1.165) is 21.7 Å². The van der Waals surface area contributed by atoms with Crippen LogP contribution in [0.2, 0.25) is 5.02 Å². The Morgan fingerprint density at radius 3 is 2.58 bits per heavy atom. The van der Waals surface area contributed by atoms with E-state index in [0.29, 0.717) is 0 Å². The topological polar surface area (TPSA) is 17.8 Å². The monoisotopic (exact) mass is 272 g/mol. The minimum Gasteiger partial charge on any atom is -0.344 e. The van der Waals surface area contributed by atoms with Gasteiger partial charge < -0.3 is 4.57 Å². The quantitative estimate of drug-likeness (QED) is 0.615. The van der Waals surface area contributed by atoms with Crippen LogP contribution in [-0.2, 0) is 7.05 Å². The largest absolute Gasteiger partial charge is 0.344 e. The van der Waals surface area contributed by atoms with E-state index < -0.39 is 0 Å². The number of halogens is 1. The summed E-state index contributed by atoms with van der Waals surface area (Å²) in [6, 6.07) is 12.1. The van der Waals surface area contributed by atoms with Crippen molar-refractivity contribution < 1.29 is 0 Å². The van der Waals surface area contributed by atoms with Crippen LogP contribution in [0.4, 0.5) is 0 Å². The third-order valence-electron chi connectivity index (χ3n) is 2.96. The molecule has 0 atom stereocenters. The van der Waals surface area contributed by atoms with Gasteiger partial charge in [-0.1, -0.05) is 25.4 Å². The van der Waals surface area contributed by atoms with Gasteiger partial charge in [0, 0.05) is 40.9 Å². The minimum atomic E-state index is 0.765. The summed E-state index contributed by atoms with van der Waals surface area (Å²) in [6.45, 7) is 4.00. The predicted octanol–water partition coefficient (Wildman–Crippen LogP) is 4.92. The fourth-order valence-electron chi connectivity index (χ4n) is 2.11. The lowest BCUT2D eigenvalue weighted by molar-refractivity contribution is 0.977. The van der Waals surface area contributed by atoms with Crippen LogP contribution in [0.5, 0.6) is 0 Å². The molecule has 0 N–H and O–H groups in total. The second-order valence-electron chi connectivity index (χ2n) is 4.03. The van der Waals surface area contributed by atoms with Crippen LogP contribution in [0, 0.1) is 0 Å². The Balaban J connectivity index is 0.000000637. The van der Waals surface area contributed by atoms with E-state index in [4.69, 9.17) is 11.6 Å². The van der Waals surface area contributed by atoms with Gasteiger partial charge in [-0.05, 0) is 36.4 Å². The molecule has 2 heterocycles. The Hall–Kier alpha value is -1.80. The van der Waals surface area contributed by atoms with E-state index in [9.17, 15) is 0 Å². The van der Waals surface area contributed by atoms with Gasteiger partial charge in [-0.2, -0.15) is 0 Å². The fraction of sp³-hybridized carbons (Fsp3) is 0.188. The lowest BCUT2D eigenvalue weighted by Crippen LogP contribution is -1.91. The second-order valence-corrected chi connectivity index (χ2v) is 4.47. The first-order chi connectivity index (χ1) is 9.25. The van der Waals surface area contributed by atoms with E-state index in [-0.39, 0.29) is 0 Å². The summed E-state index contributed by atoms with van der Waals surface area (Å²) in [5, 5.41) is 1.92. The zero-order chi connectivity index (χ0) is 13.8. The summed E-state index contributed by atoms with van der Waals surface area (Å²) >= 11 is 6.00. The molecule has 3 heteroatoms. The number of aryl methyl sites for hydroxylation is 1. The highest BCUT2D eigenvalue weighted by Crippen LogP contribution is 2.28. The minimum absolute atomic E-state index is 0.765. The number of hydrogen-bond donors (Lipinski definition) is 0. The summed E-state index contributed by atoms with van der Waals surface area (Å²) in [4.78, 5) is 4.15. The molecule has 2 aromatic heterocycles. The fourth-order valence-corrected chi connectivity index (χ4v) is 2.29. The Morgan fingerprint density at radius 1 is 1.11 bits per heavy atom. The average molecular weight is 273 g/mol. The maximum Gasteiger partial charge on any atom is 0.0504 e. The molecule has 0 saturated carbocycles. The van der Waals surface area contributed by atoms with Crippen molar-refractivity contribution in [2.24, 2.45) is 7.05 Å².